The number of hydrogen-bond donors (Lipinski definition) is 2. The van der Waals surface area contributed by atoms with Crippen LogP contribution in [0, 0.1) is 11.3 Å². The fourth-order valence-corrected chi connectivity index (χ4v) is 3.10. The van der Waals surface area contributed by atoms with Gasteiger partial charge in [0, 0.05) is 37.5 Å². The molecule has 29 heavy (non-hydrogen) atoms. The van der Waals surface area contributed by atoms with E-state index in [0.29, 0.717) is 25.6 Å². The number of nitrogens with one attached hydrogen (secondary N) is 2. The molecule has 0 saturated carbocycles. The third-order valence-electron chi connectivity index (χ3n) is 4.73. The van der Waals surface area contributed by atoms with Gasteiger partial charge < -0.3 is 20.3 Å². The van der Waals surface area contributed by atoms with Gasteiger partial charge in [0.1, 0.15) is 0 Å². The van der Waals surface area contributed by atoms with Crippen LogP contribution in [0.4, 0.5) is 0 Å². The first kappa shape index (κ1) is 25.7. The van der Waals surface area contributed by atoms with Gasteiger partial charge in [-0.2, -0.15) is 0 Å². The molecule has 0 aromatic heterocycles. The molecule has 1 heterocycles. The van der Waals surface area contributed by atoms with Gasteiger partial charge in [-0.25, -0.2) is 0 Å². The molecular formula is C22H37IN4O2. The largest absolute Gasteiger partial charge is 0.376 e. The lowest BCUT2D eigenvalue weighted by Crippen LogP contribution is -2.41. The van der Waals surface area contributed by atoms with Crippen molar-refractivity contribution in [2.75, 3.05) is 39.3 Å². The fraction of sp³-hybridized carbons (Fsp3) is 0.636. The molecule has 0 spiro atoms. The average Bonchev–Trinajstić information content (AvgIpc) is 3.13. The van der Waals surface area contributed by atoms with Crippen LogP contribution in [-0.2, 0) is 16.1 Å². The molecule has 6 nitrogen and oxygen atoms in total. The average molecular weight is 516 g/mol. The minimum atomic E-state index is -0.365. The van der Waals surface area contributed by atoms with Crippen LogP contribution >= 0.6 is 24.0 Å². The van der Waals surface area contributed by atoms with E-state index in [2.05, 4.69) is 39.6 Å². The number of rotatable bonds is 8. The minimum Gasteiger partial charge on any atom is -0.376 e. The fourth-order valence-electron chi connectivity index (χ4n) is 3.10. The molecule has 1 fully saturated rings. The number of halogens is 1. The number of benzene rings is 1. The number of nitrogens with zero attached hydrogens (tertiary/aromatic N) is 2. The number of ether oxygens (including phenoxy) is 1. The van der Waals surface area contributed by atoms with Gasteiger partial charge in [0.25, 0.3) is 0 Å². The molecule has 2 rings (SSSR count). The van der Waals surface area contributed by atoms with Crippen LogP contribution < -0.4 is 10.6 Å². The summed E-state index contributed by atoms with van der Waals surface area (Å²) in [7, 11) is 0. The standard InChI is InChI=1S/C22H36N4O2.HI/c1-5-23-21(25-13-12-24-20(27)22(2,3)4)26-14-11-19(15-26)17-28-16-18-9-7-6-8-10-18;/h6-10,19H,5,11-17H2,1-4H3,(H,23,25)(H,24,27);1H. The SMILES string of the molecule is CCNC(=NCCNC(=O)C(C)(C)C)N1CCC(COCc2ccccc2)C1.I. The van der Waals surface area contributed by atoms with Crippen molar-refractivity contribution in [1.29, 1.82) is 0 Å². The van der Waals surface area contributed by atoms with Crippen LogP contribution in [0.3, 0.4) is 0 Å². The lowest BCUT2D eigenvalue weighted by atomic mass is 9.96. The molecule has 1 amide bonds. The number of guanidine groups is 1. The van der Waals surface area contributed by atoms with Gasteiger partial charge in [-0.15, -0.1) is 24.0 Å². The first-order valence-electron chi connectivity index (χ1n) is 10.3. The van der Waals surface area contributed by atoms with Gasteiger partial charge in [0.15, 0.2) is 5.96 Å². The van der Waals surface area contributed by atoms with Crippen LogP contribution in [0.15, 0.2) is 35.3 Å². The second kappa shape index (κ2) is 13.1. The molecule has 164 valence electrons. The molecular weight excluding hydrogens is 479 g/mol. The van der Waals surface area contributed by atoms with E-state index in [-0.39, 0.29) is 35.3 Å². The lowest BCUT2D eigenvalue weighted by Gasteiger charge is -2.22. The van der Waals surface area contributed by atoms with Crippen molar-refractivity contribution < 1.29 is 9.53 Å². The van der Waals surface area contributed by atoms with Crippen molar-refractivity contribution in [3.8, 4) is 0 Å². The van der Waals surface area contributed by atoms with E-state index in [1.54, 1.807) is 0 Å². The van der Waals surface area contributed by atoms with Gasteiger partial charge in [-0.1, -0.05) is 51.1 Å². The molecule has 1 atom stereocenters. The quantitative estimate of drug-likeness (QED) is 0.241. The summed E-state index contributed by atoms with van der Waals surface area (Å²) in [5, 5.41) is 6.32. The second-order valence-electron chi connectivity index (χ2n) is 8.34. The van der Waals surface area contributed by atoms with E-state index >= 15 is 0 Å². The Morgan fingerprint density at radius 1 is 1.24 bits per heavy atom. The zero-order chi connectivity index (χ0) is 20.4. The number of likely N-dealkylation sites (tertiary alicyclic amines) is 1. The predicted octanol–water partition coefficient (Wildman–Crippen LogP) is 3.27. The van der Waals surface area contributed by atoms with Crippen LogP contribution in [0.25, 0.3) is 0 Å². The molecule has 1 aromatic carbocycles. The molecule has 7 heteroatoms. The maximum Gasteiger partial charge on any atom is 0.225 e. The number of amides is 1. The first-order valence-corrected chi connectivity index (χ1v) is 10.3. The highest BCUT2D eigenvalue weighted by Crippen LogP contribution is 2.17. The lowest BCUT2D eigenvalue weighted by molar-refractivity contribution is -0.128. The highest BCUT2D eigenvalue weighted by Gasteiger charge is 2.25. The maximum absolute atomic E-state index is 11.9. The third kappa shape index (κ3) is 9.33. The summed E-state index contributed by atoms with van der Waals surface area (Å²) in [5.74, 6) is 1.51. The van der Waals surface area contributed by atoms with Crippen molar-refractivity contribution in [3.05, 3.63) is 35.9 Å². The zero-order valence-corrected chi connectivity index (χ0v) is 20.6. The van der Waals surface area contributed by atoms with Gasteiger partial charge >= 0.3 is 0 Å². The van der Waals surface area contributed by atoms with Crippen LogP contribution in [0.1, 0.15) is 39.7 Å². The summed E-state index contributed by atoms with van der Waals surface area (Å²) >= 11 is 0. The Morgan fingerprint density at radius 3 is 2.62 bits per heavy atom. The van der Waals surface area contributed by atoms with E-state index in [0.717, 1.165) is 38.6 Å². The van der Waals surface area contributed by atoms with Gasteiger partial charge in [0.2, 0.25) is 5.91 Å². The zero-order valence-electron chi connectivity index (χ0n) is 18.2. The smallest absolute Gasteiger partial charge is 0.225 e. The van der Waals surface area contributed by atoms with Crippen molar-refractivity contribution in [3.63, 3.8) is 0 Å². The summed E-state index contributed by atoms with van der Waals surface area (Å²) in [6.07, 6.45) is 1.11. The highest BCUT2D eigenvalue weighted by atomic mass is 127. The molecule has 1 aliphatic heterocycles. The summed E-state index contributed by atoms with van der Waals surface area (Å²) < 4.78 is 5.91. The van der Waals surface area contributed by atoms with Crippen LogP contribution in [-0.4, -0.2) is 56.1 Å². The monoisotopic (exact) mass is 516 g/mol. The molecule has 0 radical (unpaired) electrons. The Labute approximate surface area is 192 Å². The third-order valence-corrected chi connectivity index (χ3v) is 4.73. The Bertz CT molecular complexity index is 631. The molecule has 1 saturated heterocycles. The van der Waals surface area contributed by atoms with Crippen molar-refractivity contribution in [2.24, 2.45) is 16.3 Å². The Hall–Kier alpha value is -1.35. The Balaban J connectivity index is 0.00000420. The van der Waals surface area contributed by atoms with Crippen molar-refractivity contribution >= 4 is 35.8 Å². The van der Waals surface area contributed by atoms with Crippen LogP contribution in [0.5, 0.6) is 0 Å². The molecule has 2 N–H and O–H groups in total. The summed E-state index contributed by atoms with van der Waals surface area (Å²) in [6, 6.07) is 10.3. The highest BCUT2D eigenvalue weighted by molar-refractivity contribution is 14.0. The van der Waals surface area contributed by atoms with E-state index in [4.69, 9.17) is 4.74 Å². The molecule has 1 aromatic rings. The normalized spacial score (nSPS) is 17.0. The number of carbonyl (C=O) groups is 1. The maximum atomic E-state index is 11.9. The summed E-state index contributed by atoms with van der Waals surface area (Å²) in [4.78, 5) is 18.9. The van der Waals surface area contributed by atoms with Crippen molar-refractivity contribution in [1.82, 2.24) is 15.5 Å². The Kier molecular flexibility index (Phi) is 11.6. The number of aliphatic imine (C=N–C) groups is 1. The molecule has 1 unspecified atom stereocenters. The van der Waals surface area contributed by atoms with E-state index < -0.39 is 0 Å². The Morgan fingerprint density at radius 2 is 1.97 bits per heavy atom. The van der Waals surface area contributed by atoms with Gasteiger partial charge in [0.05, 0.1) is 19.8 Å². The van der Waals surface area contributed by atoms with Crippen LogP contribution in [0.2, 0.25) is 0 Å². The first-order chi connectivity index (χ1) is 13.4. The van der Waals surface area contributed by atoms with E-state index in [1.807, 2.05) is 39.0 Å². The number of hydrogen-bond acceptors (Lipinski definition) is 3. The van der Waals surface area contributed by atoms with E-state index in [9.17, 15) is 4.79 Å². The molecule has 1 aliphatic rings. The van der Waals surface area contributed by atoms with Gasteiger partial charge in [-0.3, -0.25) is 9.79 Å². The summed E-state index contributed by atoms with van der Waals surface area (Å²) in [5.41, 5.74) is 0.848. The predicted molar refractivity (Wildman–Crippen MR) is 130 cm³/mol. The second-order valence-corrected chi connectivity index (χ2v) is 8.34. The van der Waals surface area contributed by atoms with E-state index in [1.165, 1.54) is 5.56 Å². The van der Waals surface area contributed by atoms with Gasteiger partial charge in [-0.05, 0) is 18.9 Å². The van der Waals surface area contributed by atoms with Crippen molar-refractivity contribution in [2.45, 2.75) is 40.7 Å². The molecule has 0 bridgehead atoms. The number of carbonyl (C=O) groups excluding carboxylic acids is 1. The summed E-state index contributed by atoms with van der Waals surface area (Å²) in [6.45, 7) is 13.2. The molecule has 0 aliphatic carbocycles. The topological polar surface area (TPSA) is 66.0 Å². The minimum absolute atomic E-state index is 0.